The van der Waals surface area contributed by atoms with Crippen LogP contribution in [-0.2, 0) is 59.6 Å². The highest BCUT2D eigenvalue weighted by Gasteiger charge is 2.50. The first kappa shape index (κ1) is 27.4. The summed E-state index contributed by atoms with van der Waals surface area (Å²) < 4.78 is 47.4. The number of alkyl halides is 1. The fourth-order valence-electron chi connectivity index (χ4n) is 4.26. The van der Waals surface area contributed by atoms with Crippen molar-refractivity contribution in [2.45, 2.75) is 37.8 Å². The summed E-state index contributed by atoms with van der Waals surface area (Å²) in [6.07, 6.45) is -0.555. The molecule has 6 heterocycles. The number of H-pyrrole nitrogens is 1. The summed E-state index contributed by atoms with van der Waals surface area (Å²) in [5.74, 6) is 0.335. The van der Waals surface area contributed by atoms with E-state index in [1.54, 1.807) is 4.57 Å². The zero-order valence-electron chi connectivity index (χ0n) is 19.5. The second kappa shape index (κ2) is 10.6. The standard InChI is InChI=1S/C18H19FN8O7P2S3/c19-12-10-4-32-36(38,39)30-2-1-26-11(25-9-3-20-6-21-15(9)26)5-31-35(29,37)34-14(12)18(33-10)27-8-24-13-16(27)22-7-23-17(13)28/h3,6-8,10,12,14,18H,1-2,4-5H2,(H,29,37)(H,38,39)(H,22,23,28)/t10-,12-,14-,18-,35?/m1/s1. The van der Waals surface area contributed by atoms with Gasteiger partial charge in [0.05, 0.1) is 32.1 Å². The number of hydrogen-bond donors (Lipinski definition) is 3. The lowest BCUT2D eigenvalue weighted by molar-refractivity contribution is -0.0445. The van der Waals surface area contributed by atoms with Gasteiger partial charge in [0, 0.05) is 6.54 Å². The van der Waals surface area contributed by atoms with Gasteiger partial charge in [-0.3, -0.25) is 13.9 Å². The minimum absolute atomic E-state index is 0.00181. The second-order valence-corrected chi connectivity index (χ2v) is 16.5. The Kier molecular flexibility index (Phi) is 7.43. The Labute approximate surface area is 233 Å². The van der Waals surface area contributed by atoms with E-state index in [1.807, 2.05) is 0 Å². The highest BCUT2D eigenvalue weighted by molar-refractivity contribution is 8.60. The van der Waals surface area contributed by atoms with Crippen LogP contribution in [0.5, 0.6) is 0 Å². The SMILES string of the molecule is O=c1[nH]cnc2c1ncn2[C@@H]1O[C@@H]2COP(=S)(S)OCCn3c(nc4cncnc43)COP(O)(=S)O[C@@H]1[C@@H]2F. The number of rotatable bonds is 1. The van der Waals surface area contributed by atoms with Crippen LogP contribution in [0, 0.1) is 0 Å². The van der Waals surface area contributed by atoms with Crippen molar-refractivity contribution in [1.29, 1.82) is 0 Å². The van der Waals surface area contributed by atoms with Gasteiger partial charge >= 0.3 is 6.72 Å². The summed E-state index contributed by atoms with van der Waals surface area (Å²) in [5, 5.41) is 0. The van der Waals surface area contributed by atoms with Gasteiger partial charge in [-0.25, -0.2) is 29.3 Å². The van der Waals surface area contributed by atoms with Gasteiger partial charge in [0.1, 0.15) is 36.5 Å². The summed E-state index contributed by atoms with van der Waals surface area (Å²) in [6.45, 7) is -4.43. The number of imidazole rings is 2. The van der Waals surface area contributed by atoms with E-state index in [-0.39, 0.29) is 37.5 Å². The summed E-state index contributed by atoms with van der Waals surface area (Å²) in [5.41, 5.74) is -2.58. The van der Waals surface area contributed by atoms with E-state index in [0.717, 1.165) is 0 Å². The Morgan fingerprint density at radius 2 is 2.05 bits per heavy atom. The molecule has 0 spiro atoms. The highest BCUT2D eigenvalue weighted by Crippen LogP contribution is 2.55. The van der Waals surface area contributed by atoms with Crippen molar-refractivity contribution >= 4 is 70.6 Å². The summed E-state index contributed by atoms with van der Waals surface area (Å²) >= 11 is 15.0. The highest BCUT2D eigenvalue weighted by atomic mass is 32.9. The molecular formula is C18H19FN8O7P2S3. The molecule has 1 saturated heterocycles. The molecule has 0 amide bonds. The second-order valence-electron chi connectivity index (χ2n) is 8.39. The van der Waals surface area contributed by atoms with Crippen molar-refractivity contribution < 1.29 is 32.1 Å². The van der Waals surface area contributed by atoms with Crippen LogP contribution in [-0.4, -0.2) is 75.5 Å². The Morgan fingerprint density at radius 1 is 1.21 bits per heavy atom. The van der Waals surface area contributed by atoms with Crippen molar-refractivity contribution in [1.82, 2.24) is 39.0 Å². The molecule has 4 aromatic heterocycles. The van der Waals surface area contributed by atoms with Crippen LogP contribution >= 0.6 is 24.7 Å². The van der Waals surface area contributed by atoms with Crippen LogP contribution in [0.25, 0.3) is 22.3 Å². The van der Waals surface area contributed by atoms with E-state index in [2.05, 4.69) is 42.2 Å². The van der Waals surface area contributed by atoms with Crippen LogP contribution in [0.3, 0.4) is 0 Å². The summed E-state index contributed by atoms with van der Waals surface area (Å²) in [6, 6.07) is 0. The topological polar surface area (TPSA) is 174 Å². The maximum Gasteiger partial charge on any atom is 0.325 e. The minimum Gasteiger partial charge on any atom is -0.346 e. The number of thiol groups is 1. The zero-order valence-corrected chi connectivity index (χ0v) is 23.8. The molecule has 0 aromatic carbocycles. The van der Waals surface area contributed by atoms with Crippen molar-refractivity contribution in [3.05, 3.63) is 41.4 Å². The Hall–Kier alpha value is -1.76. The molecule has 0 aliphatic carbocycles. The maximum atomic E-state index is 15.8. The Bertz CT molecular complexity index is 1700. The van der Waals surface area contributed by atoms with Gasteiger partial charge in [0.15, 0.2) is 29.2 Å². The van der Waals surface area contributed by atoms with E-state index < -0.39 is 42.6 Å². The summed E-state index contributed by atoms with van der Waals surface area (Å²) in [7, 11) is 0. The van der Waals surface area contributed by atoms with Crippen molar-refractivity contribution in [2.75, 3.05) is 13.2 Å². The number of nitrogens with zero attached hydrogens (tertiary/aromatic N) is 7. The smallest absolute Gasteiger partial charge is 0.325 e. The molecular weight excluding hydrogens is 617 g/mol. The molecule has 4 aromatic rings. The Balaban J connectivity index is 1.37. The molecule has 21 heteroatoms. The van der Waals surface area contributed by atoms with Crippen LogP contribution in [0.4, 0.5) is 4.39 Å². The van der Waals surface area contributed by atoms with Gasteiger partial charge in [-0.1, -0.05) is 12.2 Å². The number of fused-ring (bicyclic) bond motifs is 6. The van der Waals surface area contributed by atoms with Gasteiger partial charge in [0.25, 0.3) is 5.56 Å². The van der Waals surface area contributed by atoms with E-state index in [4.69, 9.17) is 46.4 Å². The average molecular weight is 637 g/mol. The molecule has 1 fully saturated rings. The number of aromatic nitrogens is 8. The maximum absolute atomic E-state index is 15.8. The lowest BCUT2D eigenvalue weighted by atomic mass is 10.1. The fraction of sp³-hybridized carbons (Fsp3) is 0.444. The van der Waals surface area contributed by atoms with Crippen molar-refractivity contribution in [3.8, 4) is 0 Å². The first-order valence-corrected chi connectivity index (χ1v) is 17.6. The number of hydrogen-bond acceptors (Lipinski definition) is 13. The molecule has 2 unspecified atom stereocenters. The predicted molar refractivity (Wildman–Crippen MR) is 144 cm³/mol. The van der Waals surface area contributed by atoms with Gasteiger partial charge in [-0.2, -0.15) is 0 Å². The van der Waals surface area contributed by atoms with Gasteiger partial charge in [-0.05, 0) is 23.6 Å². The third kappa shape index (κ3) is 5.46. The Morgan fingerprint density at radius 3 is 2.90 bits per heavy atom. The third-order valence-corrected chi connectivity index (χ3v) is 9.83. The van der Waals surface area contributed by atoms with Crippen molar-refractivity contribution in [2.24, 2.45) is 0 Å². The van der Waals surface area contributed by atoms with E-state index in [0.29, 0.717) is 17.0 Å². The molecule has 2 aliphatic heterocycles. The van der Waals surface area contributed by atoms with Crippen LogP contribution in [0.15, 0.2) is 30.0 Å². The number of ether oxygens (including phenoxy) is 1. The molecule has 15 nitrogen and oxygen atoms in total. The molecule has 2 N–H and O–H groups in total. The molecule has 208 valence electrons. The van der Waals surface area contributed by atoms with Crippen LogP contribution in [0.1, 0.15) is 12.1 Å². The van der Waals surface area contributed by atoms with Gasteiger partial charge < -0.3 is 32.8 Å². The minimum atomic E-state index is -4.09. The monoisotopic (exact) mass is 636 g/mol. The van der Waals surface area contributed by atoms with E-state index in [1.165, 1.54) is 29.7 Å². The zero-order chi connectivity index (χ0) is 27.4. The predicted octanol–water partition coefficient (Wildman–Crippen LogP) is 1.51. The lowest BCUT2D eigenvalue weighted by Gasteiger charge is -2.25. The third-order valence-electron chi connectivity index (χ3n) is 5.98. The number of aromatic amines is 1. The van der Waals surface area contributed by atoms with Crippen LogP contribution < -0.4 is 5.56 Å². The molecule has 0 saturated carbocycles. The number of halogens is 1. The lowest BCUT2D eigenvalue weighted by Crippen LogP contribution is -2.32. The van der Waals surface area contributed by atoms with Gasteiger partial charge in [-0.15, -0.1) is 0 Å². The van der Waals surface area contributed by atoms with E-state index >= 15 is 4.39 Å². The largest absolute Gasteiger partial charge is 0.346 e. The first-order chi connectivity index (χ1) is 18.6. The molecule has 6 rings (SSSR count). The first-order valence-electron chi connectivity index (χ1n) is 11.2. The molecule has 39 heavy (non-hydrogen) atoms. The normalized spacial score (nSPS) is 32.6. The van der Waals surface area contributed by atoms with Crippen LogP contribution in [0.2, 0.25) is 0 Å². The van der Waals surface area contributed by atoms with Gasteiger partial charge in [0.2, 0.25) is 5.69 Å². The fourth-order valence-corrected chi connectivity index (χ4v) is 7.16. The quantitative estimate of drug-likeness (QED) is 0.203. The molecule has 2 bridgehead atoms. The summed E-state index contributed by atoms with van der Waals surface area (Å²) in [4.78, 5) is 46.4. The number of nitrogens with one attached hydrogen (secondary N) is 1. The van der Waals surface area contributed by atoms with E-state index in [9.17, 15) is 9.69 Å². The molecule has 2 aliphatic rings. The molecule has 0 radical (unpaired) electrons. The van der Waals surface area contributed by atoms with Crippen molar-refractivity contribution in [3.63, 3.8) is 0 Å². The average Bonchev–Trinajstić information content (AvgIpc) is 3.56. The molecule has 6 atom stereocenters.